The van der Waals surface area contributed by atoms with Gasteiger partial charge in [-0.15, -0.1) is 0 Å². The van der Waals surface area contributed by atoms with Crippen LogP contribution in [0.1, 0.15) is 13.3 Å². The van der Waals surface area contributed by atoms with Gasteiger partial charge in [0.25, 0.3) is 0 Å². The van der Waals surface area contributed by atoms with Crippen molar-refractivity contribution in [1.82, 2.24) is 4.90 Å². The summed E-state index contributed by atoms with van der Waals surface area (Å²) in [4.78, 5) is 2.03. The van der Waals surface area contributed by atoms with Gasteiger partial charge in [0.1, 0.15) is 0 Å². The van der Waals surface area contributed by atoms with Gasteiger partial charge in [0, 0.05) is 27.3 Å². The van der Waals surface area contributed by atoms with Gasteiger partial charge in [-0.25, -0.2) is 0 Å². The van der Waals surface area contributed by atoms with E-state index in [1.165, 1.54) is 0 Å². The van der Waals surface area contributed by atoms with E-state index in [0.717, 1.165) is 26.1 Å². The quantitative estimate of drug-likeness (QED) is 0.517. The topological polar surface area (TPSA) is 12.5 Å². The molecule has 0 aliphatic carbocycles. The standard InChI is InChI=1S/C7H16NO/c1-4-8(2)6-5-7-9-3/h2,4-7H2,1,3H3. The van der Waals surface area contributed by atoms with Crippen LogP contribution in [-0.2, 0) is 4.74 Å². The van der Waals surface area contributed by atoms with Crippen LogP contribution in [0.4, 0.5) is 0 Å². The molecule has 0 aromatic heterocycles. The second-order valence-corrected chi connectivity index (χ2v) is 2.06. The minimum Gasteiger partial charge on any atom is -0.385 e. The zero-order valence-corrected chi connectivity index (χ0v) is 6.39. The van der Waals surface area contributed by atoms with Gasteiger partial charge >= 0.3 is 0 Å². The van der Waals surface area contributed by atoms with Crippen LogP contribution in [0.15, 0.2) is 0 Å². The lowest BCUT2D eigenvalue weighted by Gasteiger charge is -2.11. The van der Waals surface area contributed by atoms with Gasteiger partial charge in [0.15, 0.2) is 0 Å². The average molecular weight is 130 g/mol. The summed E-state index contributed by atoms with van der Waals surface area (Å²) in [7, 11) is 5.53. The summed E-state index contributed by atoms with van der Waals surface area (Å²) in [6, 6.07) is 0. The molecule has 0 atom stereocenters. The molecule has 0 rings (SSSR count). The Morgan fingerprint density at radius 1 is 1.56 bits per heavy atom. The third kappa shape index (κ3) is 5.80. The molecule has 0 spiro atoms. The van der Waals surface area contributed by atoms with E-state index in [4.69, 9.17) is 4.74 Å². The van der Waals surface area contributed by atoms with Crippen LogP contribution in [0.3, 0.4) is 0 Å². The Morgan fingerprint density at radius 2 is 2.22 bits per heavy atom. The van der Waals surface area contributed by atoms with Gasteiger partial charge in [-0.2, -0.15) is 0 Å². The summed E-state index contributed by atoms with van der Waals surface area (Å²) in [6.45, 7) is 4.99. The molecule has 0 aromatic rings. The fourth-order valence-corrected chi connectivity index (χ4v) is 0.591. The van der Waals surface area contributed by atoms with Crippen LogP contribution in [0, 0.1) is 7.05 Å². The van der Waals surface area contributed by atoms with E-state index in [-0.39, 0.29) is 0 Å². The molecule has 55 valence electrons. The van der Waals surface area contributed by atoms with Crippen LogP contribution >= 0.6 is 0 Å². The van der Waals surface area contributed by atoms with Crippen molar-refractivity contribution in [2.45, 2.75) is 13.3 Å². The number of ether oxygens (including phenoxy) is 1. The highest BCUT2D eigenvalue weighted by atomic mass is 16.5. The smallest absolute Gasteiger partial charge is 0.0474 e. The Kier molecular flexibility index (Phi) is 5.99. The highest BCUT2D eigenvalue weighted by Crippen LogP contribution is 1.87. The number of hydrogen-bond acceptors (Lipinski definition) is 2. The lowest BCUT2D eigenvalue weighted by molar-refractivity contribution is 0.183. The Morgan fingerprint density at radius 3 is 2.67 bits per heavy atom. The first kappa shape index (κ1) is 8.92. The molecule has 0 N–H and O–H groups in total. The third-order valence-electron chi connectivity index (χ3n) is 1.27. The molecule has 2 nitrogen and oxygen atoms in total. The largest absolute Gasteiger partial charge is 0.385 e. The molecule has 0 amide bonds. The summed E-state index contributed by atoms with van der Waals surface area (Å²) in [6.07, 6.45) is 1.08. The van der Waals surface area contributed by atoms with Gasteiger partial charge in [0.05, 0.1) is 0 Å². The lowest BCUT2D eigenvalue weighted by atomic mass is 10.4. The number of hydrogen-bond donors (Lipinski definition) is 0. The molecular weight excluding hydrogens is 114 g/mol. The zero-order valence-electron chi connectivity index (χ0n) is 6.39. The first-order valence-electron chi connectivity index (χ1n) is 3.35. The summed E-state index contributed by atoms with van der Waals surface area (Å²) in [5, 5.41) is 0. The van der Waals surface area contributed by atoms with Crippen LogP contribution in [0.25, 0.3) is 0 Å². The van der Waals surface area contributed by atoms with Crippen molar-refractivity contribution in [1.29, 1.82) is 0 Å². The van der Waals surface area contributed by atoms with E-state index < -0.39 is 0 Å². The summed E-state index contributed by atoms with van der Waals surface area (Å²) in [5.41, 5.74) is 0. The van der Waals surface area contributed by atoms with Crippen molar-refractivity contribution >= 4 is 0 Å². The molecule has 0 saturated heterocycles. The Balaban J connectivity index is 2.88. The minimum atomic E-state index is 0.839. The summed E-state index contributed by atoms with van der Waals surface area (Å²) < 4.78 is 4.88. The normalized spacial score (nSPS) is 10.7. The Labute approximate surface area is 57.8 Å². The van der Waals surface area contributed by atoms with Crippen molar-refractivity contribution in [3.05, 3.63) is 7.05 Å². The van der Waals surface area contributed by atoms with Gasteiger partial charge in [-0.3, -0.25) is 0 Å². The molecule has 0 heterocycles. The van der Waals surface area contributed by atoms with Crippen molar-refractivity contribution in [3.63, 3.8) is 0 Å². The monoisotopic (exact) mass is 130 g/mol. The maximum atomic E-state index is 4.88. The second kappa shape index (κ2) is 6.05. The van der Waals surface area contributed by atoms with Crippen LogP contribution in [0.2, 0.25) is 0 Å². The van der Waals surface area contributed by atoms with E-state index in [1.807, 2.05) is 4.90 Å². The van der Waals surface area contributed by atoms with Gasteiger partial charge in [0.2, 0.25) is 0 Å². The predicted molar refractivity (Wildman–Crippen MR) is 39.1 cm³/mol. The van der Waals surface area contributed by atoms with E-state index in [9.17, 15) is 0 Å². The average Bonchev–Trinajstić information content (AvgIpc) is 1.89. The van der Waals surface area contributed by atoms with Gasteiger partial charge in [-0.1, -0.05) is 6.92 Å². The molecule has 0 saturated carbocycles. The maximum Gasteiger partial charge on any atom is 0.0474 e. The highest BCUT2D eigenvalue weighted by Gasteiger charge is 1.91. The molecule has 0 aliphatic heterocycles. The maximum absolute atomic E-state index is 4.88. The Hall–Kier alpha value is -0.0800. The van der Waals surface area contributed by atoms with Crippen molar-refractivity contribution in [2.75, 3.05) is 26.8 Å². The van der Waals surface area contributed by atoms with Crippen molar-refractivity contribution in [3.8, 4) is 0 Å². The minimum absolute atomic E-state index is 0.839. The molecule has 0 bridgehead atoms. The molecule has 9 heavy (non-hydrogen) atoms. The summed E-state index contributed by atoms with van der Waals surface area (Å²) in [5.74, 6) is 0. The number of nitrogens with zero attached hydrogens (tertiary/aromatic N) is 1. The first-order valence-corrected chi connectivity index (χ1v) is 3.35. The number of rotatable bonds is 5. The van der Waals surface area contributed by atoms with Gasteiger partial charge < -0.3 is 9.64 Å². The zero-order chi connectivity index (χ0) is 7.11. The predicted octanol–water partition coefficient (Wildman–Crippen LogP) is 1.14. The van der Waals surface area contributed by atoms with E-state index in [0.29, 0.717) is 0 Å². The fourth-order valence-electron chi connectivity index (χ4n) is 0.591. The molecule has 2 heteroatoms. The fraction of sp³-hybridized carbons (Fsp3) is 0.857. The van der Waals surface area contributed by atoms with Crippen LogP contribution < -0.4 is 0 Å². The molecule has 0 unspecified atom stereocenters. The molecule has 0 aromatic carbocycles. The van der Waals surface area contributed by atoms with Crippen LogP contribution in [-0.4, -0.2) is 31.7 Å². The molecule has 0 aliphatic rings. The highest BCUT2D eigenvalue weighted by molar-refractivity contribution is 4.50. The van der Waals surface area contributed by atoms with Crippen molar-refractivity contribution < 1.29 is 4.74 Å². The SMILES string of the molecule is [CH2]N(CC)CCCOC. The molecular formula is C7H16NO. The molecule has 0 fully saturated rings. The van der Waals surface area contributed by atoms with E-state index >= 15 is 0 Å². The van der Waals surface area contributed by atoms with Gasteiger partial charge in [-0.05, 0) is 13.0 Å². The second-order valence-electron chi connectivity index (χ2n) is 2.06. The summed E-state index contributed by atoms with van der Waals surface area (Å²) >= 11 is 0. The Bertz CT molecular complexity index is 56.9. The third-order valence-corrected chi connectivity index (χ3v) is 1.27. The van der Waals surface area contributed by atoms with E-state index in [2.05, 4.69) is 14.0 Å². The van der Waals surface area contributed by atoms with E-state index in [1.54, 1.807) is 7.11 Å². The van der Waals surface area contributed by atoms with Crippen LogP contribution in [0.5, 0.6) is 0 Å². The lowest BCUT2D eigenvalue weighted by Crippen LogP contribution is -2.17. The van der Waals surface area contributed by atoms with Crippen molar-refractivity contribution in [2.24, 2.45) is 0 Å². The number of methoxy groups -OCH3 is 1. The molecule has 1 radical (unpaired) electrons. The first-order chi connectivity index (χ1) is 4.31.